The van der Waals surface area contributed by atoms with Gasteiger partial charge in [0.15, 0.2) is 0 Å². The summed E-state index contributed by atoms with van der Waals surface area (Å²) in [5.74, 6) is -0.402. The van der Waals surface area contributed by atoms with Gasteiger partial charge < -0.3 is 26.6 Å². The summed E-state index contributed by atoms with van der Waals surface area (Å²) in [4.78, 5) is 18.6. The number of urea groups is 1. The van der Waals surface area contributed by atoms with Crippen molar-refractivity contribution >= 4 is 23.5 Å². The Morgan fingerprint density at radius 1 is 1.32 bits per heavy atom. The van der Waals surface area contributed by atoms with Crippen molar-refractivity contribution in [1.82, 2.24) is 9.80 Å². The molecule has 11 heteroatoms. The molecular weight excluding hydrogens is 506 g/mol. The summed E-state index contributed by atoms with van der Waals surface area (Å²) in [5, 5.41) is 2.60. The highest BCUT2D eigenvalue weighted by molar-refractivity contribution is 8.03. The number of anilines is 1. The first-order valence-electron chi connectivity index (χ1n) is 12.9. The van der Waals surface area contributed by atoms with Crippen molar-refractivity contribution in [2.45, 2.75) is 58.2 Å². The largest absolute Gasteiger partial charge is 0.419 e. The summed E-state index contributed by atoms with van der Waals surface area (Å²) in [7, 11) is 0. The Bertz CT molecular complexity index is 953. The molecule has 0 spiro atoms. The van der Waals surface area contributed by atoms with Gasteiger partial charge in [-0.3, -0.25) is 0 Å². The van der Waals surface area contributed by atoms with E-state index in [1.165, 1.54) is 12.8 Å². The molecule has 1 heterocycles. The van der Waals surface area contributed by atoms with Crippen LogP contribution in [0.4, 0.5) is 28.0 Å². The maximum atomic E-state index is 13.8. The number of allylic oxidation sites excluding steroid dienone is 1. The summed E-state index contributed by atoms with van der Waals surface area (Å²) in [6, 6.07) is 1.95. The minimum absolute atomic E-state index is 0.0851. The van der Waals surface area contributed by atoms with Crippen molar-refractivity contribution in [3.05, 3.63) is 40.7 Å². The average Bonchev–Trinajstić information content (AvgIpc) is 3.46. The van der Waals surface area contributed by atoms with Crippen LogP contribution in [0, 0.1) is 17.2 Å². The summed E-state index contributed by atoms with van der Waals surface area (Å²) in [6.07, 6.45) is 1.30. The van der Waals surface area contributed by atoms with Gasteiger partial charge >= 0.3 is 12.2 Å². The average molecular weight is 546 g/mol. The van der Waals surface area contributed by atoms with Crippen molar-refractivity contribution in [2.24, 2.45) is 22.8 Å². The minimum Gasteiger partial charge on any atom is -0.404 e. The third-order valence-corrected chi connectivity index (χ3v) is 9.11. The van der Waals surface area contributed by atoms with Crippen LogP contribution in [-0.4, -0.2) is 60.3 Å². The van der Waals surface area contributed by atoms with E-state index in [2.05, 4.69) is 24.1 Å². The molecule has 1 aromatic carbocycles. The van der Waals surface area contributed by atoms with E-state index in [9.17, 15) is 22.4 Å². The van der Waals surface area contributed by atoms with Crippen molar-refractivity contribution in [3.63, 3.8) is 0 Å². The standard InChI is InChI=1S/C26H39F4N5OS/c1-18-14-20(16-25(18,2)23(17-32)37-13-8-31)35(12-5-11-34-9-3-4-10-34)24(36)33-19-6-7-22(27)21(15-19)26(28,29)30/h6-7,15,17-18,20H,3-5,8-14,16,31-32H2,1-2H3,(H,33,36)/b23-17-/t18-,20+,25-/m0/s1. The first kappa shape index (κ1) is 29.6. The zero-order valence-electron chi connectivity index (χ0n) is 21.6. The van der Waals surface area contributed by atoms with E-state index in [-0.39, 0.29) is 23.1 Å². The van der Waals surface area contributed by atoms with Crippen LogP contribution in [0.15, 0.2) is 29.3 Å². The Morgan fingerprint density at radius 3 is 2.65 bits per heavy atom. The molecule has 208 valence electrons. The molecule has 1 aromatic rings. The van der Waals surface area contributed by atoms with Gasteiger partial charge in [0.25, 0.3) is 0 Å². The molecule has 0 radical (unpaired) electrons. The molecule has 3 atom stereocenters. The topological polar surface area (TPSA) is 87.6 Å². The maximum Gasteiger partial charge on any atom is 0.419 e. The van der Waals surface area contributed by atoms with Crippen LogP contribution in [0.2, 0.25) is 0 Å². The van der Waals surface area contributed by atoms with Crippen molar-refractivity contribution < 1.29 is 22.4 Å². The van der Waals surface area contributed by atoms with E-state index in [1.54, 1.807) is 22.9 Å². The Morgan fingerprint density at radius 2 is 2.03 bits per heavy atom. The van der Waals surface area contributed by atoms with E-state index < -0.39 is 23.6 Å². The molecule has 1 aliphatic carbocycles. The van der Waals surface area contributed by atoms with Crippen molar-refractivity contribution in [3.8, 4) is 0 Å². The fourth-order valence-corrected chi connectivity index (χ4v) is 6.58. The molecule has 0 bridgehead atoms. The van der Waals surface area contributed by atoms with Crippen LogP contribution >= 0.6 is 11.8 Å². The Kier molecular flexibility index (Phi) is 10.2. The molecule has 2 aliphatic rings. The lowest BCUT2D eigenvalue weighted by Gasteiger charge is -2.33. The molecule has 5 N–H and O–H groups in total. The van der Waals surface area contributed by atoms with E-state index in [0.29, 0.717) is 25.6 Å². The van der Waals surface area contributed by atoms with Gasteiger partial charge in [-0.15, -0.1) is 11.8 Å². The third-order valence-electron chi connectivity index (χ3n) is 7.76. The number of nitrogens with zero attached hydrogens (tertiary/aromatic N) is 2. The molecule has 2 amide bonds. The monoisotopic (exact) mass is 545 g/mol. The number of nitrogens with one attached hydrogen (secondary N) is 1. The molecule has 1 aliphatic heterocycles. The maximum absolute atomic E-state index is 13.8. The molecule has 6 nitrogen and oxygen atoms in total. The number of hydrogen-bond acceptors (Lipinski definition) is 5. The van der Waals surface area contributed by atoms with E-state index >= 15 is 0 Å². The minimum atomic E-state index is -4.85. The predicted octanol–water partition coefficient (Wildman–Crippen LogP) is 5.46. The van der Waals surface area contributed by atoms with Crippen LogP contribution in [-0.2, 0) is 6.18 Å². The molecule has 2 fully saturated rings. The number of alkyl halides is 3. The smallest absolute Gasteiger partial charge is 0.404 e. The normalized spacial score (nSPS) is 25.0. The zero-order chi connectivity index (χ0) is 27.2. The van der Waals surface area contributed by atoms with E-state index in [1.807, 2.05) is 0 Å². The Labute approximate surface area is 221 Å². The van der Waals surface area contributed by atoms with Gasteiger partial charge in [0.2, 0.25) is 0 Å². The molecule has 3 rings (SSSR count). The summed E-state index contributed by atoms with van der Waals surface area (Å²) in [5.41, 5.74) is 9.96. The summed E-state index contributed by atoms with van der Waals surface area (Å²) >= 11 is 1.63. The highest BCUT2D eigenvalue weighted by atomic mass is 32.2. The first-order valence-corrected chi connectivity index (χ1v) is 13.9. The molecule has 0 aromatic heterocycles. The van der Waals surface area contributed by atoms with Crippen LogP contribution in [0.3, 0.4) is 0 Å². The predicted molar refractivity (Wildman–Crippen MR) is 141 cm³/mol. The highest BCUT2D eigenvalue weighted by Crippen LogP contribution is 2.52. The molecule has 1 saturated heterocycles. The molecule has 37 heavy (non-hydrogen) atoms. The van der Waals surface area contributed by atoms with E-state index in [0.717, 1.165) is 55.3 Å². The van der Waals surface area contributed by atoms with Crippen LogP contribution in [0.5, 0.6) is 0 Å². The first-order chi connectivity index (χ1) is 17.5. The second kappa shape index (κ2) is 12.7. The number of carbonyl (C=O) groups excluding carboxylic acids is 1. The lowest BCUT2D eigenvalue weighted by molar-refractivity contribution is -0.139. The van der Waals surface area contributed by atoms with Crippen LogP contribution in [0.25, 0.3) is 0 Å². The number of rotatable bonds is 10. The van der Waals surface area contributed by atoms with Gasteiger partial charge in [-0.25, -0.2) is 9.18 Å². The molecule has 0 unspecified atom stereocenters. The highest BCUT2D eigenvalue weighted by Gasteiger charge is 2.46. The molecular formula is C26H39F4N5OS. The Hall–Kier alpha value is -1.98. The number of benzene rings is 1. The SMILES string of the molecule is C[C@H]1C[C@@H](N(CCCN2CCCC2)C(=O)Nc2ccc(F)c(C(F)(F)F)c2)C[C@]1(C)/C(=C/N)SCCN. The van der Waals surface area contributed by atoms with Gasteiger partial charge in [0, 0.05) is 47.1 Å². The second-order valence-corrected chi connectivity index (χ2v) is 11.4. The number of thioether (sulfide) groups is 1. The van der Waals surface area contributed by atoms with Crippen LogP contribution < -0.4 is 16.8 Å². The zero-order valence-corrected chi connectivity index (χ0v) is 22.4. The number of carbonyl (C=O) groups is 1. The fraction of sp³-hybridized carbons (Fsp3) is 0.654. The lowest BCUT2D eigenvalue weighted by Crippen LogP contribution is -2.43. The number of halogens is 4. The lowest BCUT2D eigenvalue weighted by atomic mass is 9.80. The summed E-state index contributed by atoms with van der Waals surface area (Å²) < 4.78 is 53.4. The number of likely N-dealkylation sites (tertiary alicyclic amines) is 1. The number of amides is 2. The van der Waals surface area contributed by atoms with Gasteiger partial charge in [0.1, 0.15) is 5.82 Å². The third kappa shape index (κ3) is 7.32. The van der Waals surface area contributed by atoms with Gasteiger partial charge in [-0.05, 0) is 75.9 Å². The quantitative estimate of drug-likeness (QED) is 0.340. The van der Waals surface area contributed by atoms with E-state index in [4.69, 9.17) is 11.5 Å². The Balaban J connectivity index is 1.79. The fourth-order valence-electron chi connectivity index (χ4n) is 5.53. The van der Waals surface area contributed by atoms with Crippen molar-refractivity contribution in [2.75, 3.05) is 43.8 Å². The second-order valence-electron chi connectivity index (χ2n) is 10.3. The van der Waals surface area contributed by atoms with Crippen molar-refractivity contribution in [1.29, 1.82) is 0 Å². The van der Waals surface area contributed by atoms with Gasteiger partial charge in [0.05, 0.1) is 5.56 Å². The molecule has 1 saturated carbocycles. The van der Waals surface area contributed by atoms with Crippen LogP contribution in [0.1, 0.15) is 51.5 Å². The van der Waals surface area contributed by atoms with Gasteiger partial charge in [-0.1, -0.05) is 13.8 Å². The number of hydrogen-bond donors (Lipinski definition) is 3. The number of nitrogens with two attached hydrogens (primary N) is 2. The summed E-state index contributed by atoms with van der Waals surface area (Å²) in [6.45, 7) is 8.24. The van der Waals surface area contributed by atoms with Gasteiger partial charge in [-0.2, -0.15) is 13.2 Å².